The first-order valence-electron chi connectivity index (χ1n) is 10.6. The van der Waals surface area contributed by atoms with E-state index in [4.69, 9.17) is 14.2 Å². The number of benzene rings is 2. The zero-order valence-corrected chi connectivity index (χ0v) is 18.9. The number of nitrogens with zero attached hydrogens (tertiary/aromatic N) is 2. The van der Waals surface area contributed by atoms with Gasteiger partial charge in [0.25, 0.3) is 0 Å². The number of nitrogens with one attached hydrogen (secondary N) is 1. The normalized spacial score (nSPS) is 14.8. The molecule has 1 saturated heterocycles. The zero-order chi connectivity index (χ0) is 22.2. The predicted molar refractivity (Wildman–Crippen MR) is 121 cm³/mol. The molecule has 0 aliphatic carbocycles. The van der Waals surface area contributed by atoms with Crippen molar-refractivity contribution in [2.45, 2.75) is 20.0 Å². The molecule has 0 unspecified atom stereocenters. The highest BCUT2D eigenvalue weighted by molar-refractivity contribution is 5.78. The van der Waals surface area contributed by atoms with Gasteiger partial charge in [-0.2, -0.15) is 0 Å². The van der Waals surface area contributed by atoms with Crippen molar-refractivity contribution in [2.75, 3.05) is 54.1 Å². The highest BCUT2D eigenvalue weighted by Gasteiger charge is 2.19. The van der Waals surface area contributed by atoms with E-state index in [0.29, 0.717) is 30.3 Å². The summed E-state index contributed by atoms with van der Waals surface area (Å²) in [5.41, 5.74) is 3.48. The molecule has 168 valence electrons. The molecule has 1 heterocycles. The van der Waals surface area contributed by atoms with Gasteiger partial charge in [-0.1, -0.05) is 29.8 Å². The molecule has 1 fully saturated rings. The smallest absolute Gasteiger partial charge is 0.234 e. The largest absolute Gasteiger partial charge is 0.496 e. The number of carbonyl (C=O) groups is 1. The Bertz CT molecular complexity index is 879. The van der Waals surface area contributed by atoms with Gasteiger partial charge in [-0.05, 0) is 18.6 Å². The Morgan fingerprint density at radius 1 is 0.903 bits per heavy atom. The maximum atomic E-state index is 12.5. The summed E-state index contributed by atoms with van der Waals surface area (Å²) in [6.45, 7) is 7.55. The Balaban J connectivity index is 1.46. The van der Waals surface area contributed by atoms with Gasteiger partial charge in [0.05, 0.1) is 27.9 Å². The number of carbonyl (C=O) groups excluding carboxylic acids is 1. The zero-order valence-electron chi connectivity index (χ0n) is 18.9. The molecule has 2 aromatic rings. The number of ether oxygens (including phenoxy) is 3. The highest BCUT2D eigenvalue weighted by Crippen LogP contribution is 2.34. The van der Waals surface area contributed by atoms with Gasteiger partial charge in [0.2, 0.25) is 5.91 Å². The van der Waals surface area contributed by atoms with Gasteiger partial charge in [-0.3, -0.25) is 14.6 Å². The SMILES string of the molecule is COc1cc(OC)c(OC)cc1CNC(=O)CN1CCN(Cc2cccc(C)c2)CC1. The molecule has 1 aliphatic rings. The second-order valence-electron chi connectivity index (χ2n) is 7.84. The number of piperazine rings is 1. The van der Waals surface area contributed by atoms with Crippen LogP contribution in [-0.4, -0.2) is 69.8 Å². The fraction of sp³-hybridized carbons (Fsp3) is 0.458. The first kappa shape index (κ1) is 22.9. The minimum Gasteiger partial charge on any atom is -0.496 e. The standard InChI is InChI=1S/C24H33N3O4/c1-18-6-5-7-19(12-18)16-26-8-10-27(11-9-26)17-24(28)25-15-20-13-22(30-3)23(31-4)14-21(20)29-2/h5-7,12-14H,8-11,15-17H2,1-4H3,(H,25,28). The molecule has 1 N–H and O–H groups in total. The van der Waals surface area contributed by atoms with Crippen LogP contribution in [0.4, 0.5) is 0 Å². The second kappa shape index (κ2) is 11.0. The predicted octanol–water partition coefficient (Wildman–Crippen LogP) is 2.45. The molecule has 2 aromatic carbocycles. The van der Waals surface area contributed by atoms with E-state index in [1.165, 1.54) is 11.1 Å². The Kier molecular flexibility index (Phi) is 8.14. The van der Waals surface area contributed by atoms with Crippen LogP contribution in [0.15, 0.2) is 36.4 Å². The fourth-order valence-electron chi connectivity index (χ4n) is 3.86. The van der Waals surface area contributed by atoms with Crippen LogP contribution in [0.3, 0.4) is 0 Å². The molecule has 0 atom stereocenters. The fourth-order valence-corrected chi connectivity index (χ4v) is 3.86. The summed E-state index contributed by atoms with van der Waals surface area (Å²) in [7, 11) is 4.77. The lowest BCUT2D eigenvalue weighted by Gasteiger charge is -2.34. The van der Waals surface area contributed by atoms with Crippen molar-refractivity contribution in [2.24, 2.45) is 0 Å². The van der Waals surface area contributed by atoms with E-state index in [1.54, 1.807) is 27.4 Å². The average molecular weight is 428 g/mol. The van der Waals surface area contributed by atoms with E-state index >= 15 is 0 Å². The van der Waals surface area contributed by atoms with Gasteiger partial charge in [0.1, 0.15) is 5.75 Å². The molecule has 0 spiro atoms. The van der Waals surface area contributed by atoms with Gasteiger partial charge >= 0.3 is 0 Å². The van der Waals surface area contributed by atoms with Crippen molar-refractivity contribution >= 4 is 5.91 Å². The second-order valence-corrected chi connectivity index (χ2v) is 7.84. The van der Waals surface area contributed by atoms with Gasteiger partial charge in [-0.15, -0.1) is 0 Å². The number of aryl methyl sites for hydroxylation is 1. The lowest BCUT2D eigenvalue weighted by Crippen LogP contribution is -2.49. The Morgan fingerprint density at radius 3 is 2.19 bits per heavy atom. The summed E-state index contributed by atoms with van der Waals surface area (Å²) in [4.78, 5) is 17.2. The topological polar surface area (TPSA) is 63.3 Å². The maximum absolute atomic E-state index is 12.5. The quantitative estimate of drug-likeness (QED) is 0.663. The van der Waals surface area contributed by atoms with Crippen molar-refractivity contribution in [1.82, 2.24) is 15.1 Å². The minimum absolute atomic E-state index is 0.00368. The maximum Gasteiger partial charge on any atom is 0.234 e. The van der Waals surface area contributed by atoms with Gasteiger partial charge in [-0.25, -0.2) is 0 Å². The Morgan fingerprint density at radius 2 is 1.55 bits per heavy atom. The summed E-state index contributed by atoms with van der Waals surface area (Å²) >= 11 is 0. The first-order valence-corrected chi connectivity index (χ1v) is 10.6. The summed E-state index contributed by atoms with van der Waals surface area (Å²) < 4.78 is 16.1. The third kappa shape index (κ3) is 6.35. The summed E-state index contributed by atoms with van der Waals surface area (Å²) in [5, 5.41) is 3.00. The molecule has 7 nitrogen and oxygen atoms in total. The van der Waals surface area contributed by atoms with Crippen molar-refractivity contribution < 1.29 is 19.0 Å². The van der Waals surface area contributed by atoms with Crippen LogP contribution in [0.25, 0.3) is 0 Å². The van der Waals surface area contributed by atoms with Crippen molar-refractivity contribution in [3.8, 4) is 17.2 Å². The van der Waals surface area contributed by atoms with Crippen molar-refractivity contribution in [3.63, 3.8) is 0 Å². The lowest BCUT2D eigenvalue weighted by atomic mass is 10.1. The van der Waals surface area contributed by atoms with Gasteiger partial charge in [0.15, 0.2) is 11.5 Å². The van der Waals surface area contributed by atoms with Crippen LogP contribution in [0.1, 0.15) is 16.7 Å². The van der Waals surface area contributed by atoms with Crippen LogP contribution >= 0.6 is 0 Å². The molecule has 31 heavy (non-hydrogen) atoms. The molecule has 1 amide bonds. The van der Waals surface area contributed by atoms with Crippen LogP contribution in [-0.2, 0) is 17.9 Å². The summed E-state index contributed by atoms with van der Waals surface area (Å²) in [5.74, 6) is 1.86. The number of hydrogen-bond acceptors (Lipinski definition) is 6. The molecule has 3 rings (SSSR count). The monoisotopic (exact) mass is 427 g/mol. The van der Waals surface area contributed by atoms with Crippen LogP contribution in [0.5, 0.6) is 17.2 Å². The van der Waals surface area contributed by atoms with E-state index in [9.17, 15) is 4.79 Å². The minimum atomic E-state index is 0.00368. The molecule has 0 radical (unpaired) electrons. The molecular weight excluding hydrogens is 394 g/mol. The molecule has 0 saturated carbocycles. The number of hydrogen-bond donors (Lipinski definition) is 1. The molecular formula is C24H33N3O4. The van der Waals surface area contributed by atoms with E-state index < -0.39 is 0 Å². The van der Waals surface area contributed by atoms with Crippen molar-refractivity contribution in [3.05, 3.63) is 53.1 Å². The third-order valence-corrected chi connectivity index (χ3v) is 5.58. The van der Waals surface area contributed by atoms with Crippen LogP contribution in [0.2, 0.25) is 0 Å². The Labute approximate surface area is 184 Å². The van der Waals surface area contributed by atoms with Gasteiger partial charge < -0.3 is 19.5 Å². The molecule has 0 aromatic heterocycles. The highest BCUT2D eigenvalue weighted by atomic mass is 16.5. The van der Waals surface area contributed by atoms with E-state index in [-0.39, 0.29) is 5.91 Å². The summed E-state index contributed by atoms with van der Waals surface area (Å²) in [6.07, 6.45) is 0. The van der Waals surface area contributed by atoms with Crippen LogP contribution in [0, 0.1) is 6.92 Å². The Hall–Kier alpha value is -2.77. The average Bonchev–Trinajstić information content (AvgIpc) is 2.78. The van der Waals surface area contributed by atoms with E-state index in [2.05, 4.69) is 46.3 Å². The third-order valence-electron chi connectivity index (χ3n) is 5.58. The lowest BCUT2D eigenvalue weighted by molar-refractivity contribution is -0.122. The first-order chi connectivity index (χ1) is 15.0. The van der Waals surface area contributed by atoms with E-state index in [1.807, 2.05) is 6.07 Å². The van der Waals surface area contributed by atoms with Gasteiger partial charge in [0, 0.05) is 50.9 Å². The molecule has 0 bridgehead atoms. The number of rotatable bonds is 9. The van der Waals surface area contributed by atoms with Crippen LogP contribution < -0.4 is 19.5 Å². The summed E-state index contributed by atoms with van der Waals surface area (Å²) in [6, 6.07) is 12.3. The van der Waals surface area contributed by atoms with Crippen molar-refractivity contribution in [1.29, 1.82) is 0 Å². The number of amides is 1. The molecule has 1 aliphatic heterocycles. The molecule has 7 heteroatoms. The number of methoxy groups -OCH3 is 3. The van der Waals surface area contributed by atoms with E-state index in [0.717, 1.165) is 38.3 Å².